The van der Waals surface area contributed by atoms with E-state index >= 15 is 0 Å². The van der Waals surface area contributed by atoms with Crippen LogP contribution in [0.3, 0.4) is 0 Å². The molecule has 0 bridgehead atoms. The summed E-state index contributed by atoms with van der Waals surface area (Å²) in [6, 6.07) is -0.505. The second-order valence-electron chi connectivity index (χ2n) is 7.77. The third-order valence-electron chi connectivity index (χ3n) is 6.02. The molecule has 1 aliphatic carbocycles. The Kier molecular flexibility index (Phi) is 5.49. The first-order chi connectivity index (χ1) is 12.7. The van der Waals surface area contributed by atoms with Crippen LogP contribution in [0.25, 0.3) is 0 Å². The van der Waals surface area contributed by atoms with Gasteiger partial charge in [-0.3, -0.25) is 14.5 Å². The van der Waals surface area contributed by atoms with E-state index in [1.807, 2.05) is 0 Å². The van der Waals surface area contributed by atoms with Crippen LogP contribution in [-0.2, 0) is 19.6 Å². The number of urea groups is 1. The molecule has 3 rings (SSSR count). The van der Waals surface area contributed by atoms with Gasteiger partial charge >= 0.3 is 6.03 Å². The average molecular weight is 401 g/mol. The lowest BCUT2D eigenvalue weighted by molar-refractivity contribution is -0.140. The number of hydrogen-bond acceptors (Lipinski definition) is 5. The molecule has 4 amide bonds. The maximum atomic E-state index is 12.8. The Morgan fingerprint density at radius 2 is 1.74 bits per heavy atom. The number of carbonyl (C=O) groups is 3. The van der Waals surface area contributed by atoms with Gasteiger partial charge in [0.2, 0.25) is 15.9 Å². The number of nitrogens with one attached hydrogen (secondary N) is 1. The SMILES string of the molecule is CCS(=O)(=O)N1CCN(C(=O)CN2C(=O)NC3(CCC(C)CC3)C2=O)CC1. The fourth-order valence-corrected chi connectivity index (χ4v) is 5.13. The van der Waals surface area contributed by atoms with Crippen molar-refractivity contribution in [3.8, 4) is 0 Å². The fraction of sp³-hybridized carbons (Fsp3) is 0.824. The van der Waals surface area contributed by atoms with Crippen molar-refractivity contribution in [3.05, 3.63) is 0 Å². The maximum absolute atomic E-state index is 12.8. The van der Waals surface area contributed by atoms with Gasteiger partial charge in [0, 0.05) is 26.2 Å². The predicted octanol–water partition coefficient (Wildman–Crippen LogP) is -0.0190. The third kappa shape index (κ3) is 3.82. The van der Waals surface area contributed by atoms with Crippen molar-refractivity contribution in [2.24, 2.45) is 5.92 Å². The number of piperazine rings is 1. The van der Waals surface area contributed by atoms with Gasteiger partial charge in [-0.1, -0.05) is 6.92 Å². The molecule has 2 aliphatic heterocycles. The molecule has 152 valence electrons. The quantitative estimate of drug-likeness (QED) is 0.668. The summed E-state index contributed by atoms with van der Waals surface area (Å²) < 4.78 is 25.2. The molecule has 1 saturated carbocycles. The van der Waals surface area contributed by atoms with Gasteiger partial charge in [0.15, 0.2) is 0 Å². The summed E-state index contributed by atoms with van der Waals surface area (Å²) >= 11 is 0. The zero-order chi connectivity index (χ0) is 19.8. The lowest BCUT2D eigenvalue weighted by Gasteiger charge is -2.35. The molecule has 3 aliphatic rings. The largest absolute Gasteiger partial charge is 0.338 e. The zero-order valence-electron chi connectivity index (χ0n) is 15.9. The standard InChI is InChI=1S/C17H28N4O5S/c1-3-27(25,26)20-10-8-19(9-11-20)14(22)12-21-15(23)17(18-16(21)24)6-4-13(2)5-7-17/h13H,3-12H2,1-2H3,(H,18,24). The average Bonchev–Trinajstić information content (AvgIpc) is 2.88. The van der Waals surface area contributed by atoms with E-state index in [9.17, 15) is 22.8 Å². The Hall–Kier alpha value is -1.68. The van der Waals surface area contributed by atoms with Crippen LogP contribution >= 0.6 is 0 Å². The first-order valence-electron chi connectivity index (χ1n) is 9.58. The van der Waals surface area contributed by atoms with Crippen LogP contribution in [0.1, 0.15) is 39.5 Å². The van der Waals surface area contributed by atoms with Crippen LogP contribution in [0.5, 0.6) is 0 Å². The predicted molar refractivity (Wildman–Crippen MR) is 98.2 cm³/mol. The van der Waals surface area contributed by atoms with Gasteiger partial charge in [0.1, 0.15) is 12.1 Å². The lowest BCUT2D eigenvalue weighted by atomic mass is 9.77. The molecule has 1 spiro atoms. The topological polar surface area (TPSA) is 107 Å². The van der Waals surface area contributed by atoms with E-state index in [1.54, 1.807) is 6.92 Å². The normalized spacial score (nSPS) is 30.1. The molecule has 0 aromatic heterocycles. The monoisotopic (exact) mass is 400 g/mol. The van der Waals surface area contributed by atoms with Gasteiger partial charge < -0.3 is 10.2 Å². The van der Waals surface area contributed by atoms with E-state index in [2.05, 4.69) is 12.2 Å². The molecule has 9 nitrogen and oxygen atoms in total. The molecule has 3 fully saturated rings. The summed E-state index contributed by atoms with van der Waals surface area (Å²) in [7, 11) is -3.27. The summed E-state index contributed by atoms with van der Waals surface area (Å²) in [5.74, 6) is -0.0654. The van der Waals surface area contributed by atoms with Crippen molar-refractivity contribution >= 4 is 27.9 Å². The molecule has 10 heteroatoms. The van der Waals surface area contributed by atoms with E-state index in [0.29, 0.717) is 18.8 Å². The second-order valence-corrected chi connectivity index (χ2v) is 10.0. The van der Waals surface area contributed by atoms with Crippen LogP contribution in [-0.4, -0.2) is 84.4 Å². The minimum Gasteiger partial charge on any atom is -0.338 e. The van der Waals surface area contributed by atoms with Gasteiger partial charge in [-0.15, -0.1) is 0 Å². The molecule has 0 aromatic rings. The summed E-state index contributed by atoms with van der Waals surface area (Å²) in [6.07, 6.45) is 2.97. The molecule has 0 unspecified atom stereocenters. The molecule has 0 radical (unpaired) electrons. The van der Waals surface area contributed by atoms with Crippen LogP contribution in [0.2, 0.25) is 0 Å². The molecule has 0 aromatic carbocycles. The number of amides is 4. The molecule has 2 heterocycles. The molecule has 2 saturated heterocycles. The number of sulfonamides is 1. The van der Waals surface area contributed by atoms with Gasteiger partial charge in [0.05, 0.1) is 5.75 Å². The number of hydrogen-bond donors (Lipinski definition) is 1. The Labute approximate surface area is 160 Å². The number of carbonyl (C=O) groups excluding carboxylic acids is 3. The van der Waals surface area contributed by atoms with E-state index in [-0.39, 0.29) is 50.3 Å². The highest BCUT2D eigenvalue weighted by atomic mass is 32.2. The number of nitrogens with zero attached hydrogens (tertiary/aromatic N) is 3. The van der Waals surface area contributed by atoms with Crippen molar-refractivity contribution in [2.75, 3.05) is 38.5 Å². The zero-order valence-corrected chi connectivity index (χ0v) is 16.8. The minimum absolute atomic E-state index is 0.0318. The Morgan fingerprint density at radius 3 is 2.30 bits per heavy atom. The smallest absolute Gasteiger partial charge is 0.325 e. The van der Waals surface area contributed by atoms with Gasteiger partial charge in [0.25, 0.3) is 5.91 Å². The highest BCUT2D eigenvalue weighted by Crippen LogP contribution is 2.36. The first kappa shape index (κ1) is 20.1. The highest BCUT2D eigenvalue weighted by Gasteiger charge is 2.52. The van der Waals surface area contributed by atoms with Crippen molar-refractivity contribution in [3.63, 3.8) is 0 Å². The maximum Gasteiger partial charge on any atom is 0.325 e. The van der Waals surface area contributed by atoms with E-state index in [0.717, 1.165) is 17.7 Å². The van der Waals surface area contributed by atoms with Crippen LogP contribution in [0, 0.1) is 5.92 Å². The molecule has 1 N–H and O–H groups in total. The van der Waals surface area contributed by atoms with Crippen LogP contribution in [0.4, 0.5) is 4.79 Å². The minimum atomic E-state index is -3.27. The Morgan fingerprint density at radius 1 is 1.15 bits per heavy atom. The van der Waals surface area contributed by atoms with E-state index < -0.39 is 21.6 Å². The summed E-state index contributed by atoms with van der Waals surface area (Å²) in [6.45, 7) is 4.45. The summed E-state index contributed by atoms with van der Waals surface area (Å²) in [5, 5.41) is 2.81. The summed E-state index contributed by atoms with van der Waals surface area (Å²) in [5.41, 5.74) is -0.849. The third-order valence-corrected chi connectivity index (χ3v) is 7.90. The van der Waals surface area contributed by atoms with Gasteiger partial charge in [-0.05, 0) is 38.5 Å². The molecule has 0 atom stereocenters. The van der Waals surface area contributed by atoms with Crippen molar-refractivity contribution in [2.45, 2.75) is 45.1 Å². The second kappa shape index (κ2) is 7.38. The Bertz CT molecular complexity index is 722. The first-order valence-corrected chi connectivity index (χ1v) is 11.2. The lowest BCUT2D eigenvalue weighted by Crippen LogP contribution is -2.53. The van der Waals surface area contributed by atoms with Gasteiger partial charge in [-0.2, -0.15) is 4.31 Å². The van der Waals surface area contributed by atoms with Crippen molar-refractivity contribution in [1.29, 1.82) is 0 Å². The summed E-state index contributed by atoms with van der Waals surface area (Å²) in [4.78, 5) is 40.3. The van der Waals surface area contributed by atoms with Crippen molar-refractivity contribution < 1.29 is 22.8 Å². The van der Waals surface area contributed by atoms with Crippen molar-refractivity contribution in [1.82, 2.24) is 19.4 Å². The van der Waals surface area contributed by atoms with Crippen LogP contribution < -0.4 is 5.32 Å². The number of imide groups is 1. The van der Waals surface area contributed by atoms with E-state index in [1.165, 1.54) is 9.21 Å². The fourth-order valence-electron chi connectivity index (χ4n) is 4.05. The number of rotatable bonds is 4. The van der Waals surface area contributed by atoms with Gasteiger partial charge in [-0.25, -0.2) is 13.2 Å². The van der Waals surface area contributed by atoms with Crippen LogP contribution in [0.15, 0.2) is 0 Å². The molecule has 27 heavy (non-hydrogen) atoms. The van der Waals surface area contributed by atoms with E-state index in [4.69, 9.17) is 0 Å². The molecular weight excluding hydrogens is 372 g/mol. The molecular formula is C17H28N4O5S. The Balaban J connectivity index is 1.59. The highest BCUT2D eigenvalue weighted by molar-refractivity contribution is 7.89.